The van der Waals surface area contributed by atoms with Crippen molar-refractivity contribution in [2.45, 2.75) is 0 Å². The Morgan fingerprint density at radius 3 is 2.81 bits per heavy atom. The minimum Gasteiger partial charge on any atom is -0.506 e. The van der Waals surface area contributed by atoms with Gasteiger partial charge < -0.3 is 10.1 Å². The first-order valence-electron chi connectivity index (χ1n) is 6.01. The number of para-hydroxylation sites is 1. The normalized spacial score (nSPS) is 10.9. The fraction of sp³-hybridized carbons (Fsp3) is 0.0769. The Morgan fingerprint density at radius 2 is 2.10 bits per heavy atom. The summed E-state index contributed by atoms with van der Waals surface area (Å²) in [5.41, 5.74) is -0.704. The molecule has 1 aromatic carbocycles. The van der Waals surface area contributed by atoms with Gasteiger partial charge >= 0.3 is 5.69 Å². The zero-order valence-corrected chi connectivity index (χ0v) is 10.9. The summed E-state index contributed by atoms with van der Waals surface area (Å²) in [6.07, 6.45) is 1.05. The van der Waals surface area contributed by atoms with Crippen molar-refractivity contribution in [3.8, 4) is 17.0 Å². The molecule has 0 spiro atoms. The molecule has 8 nitrogen and oxygen atoms in total. The summed E-state index contributed by atoms with van der Waals surface area (Å²) in [7, 11) is 1.47. The molecular weight excluding hydrogens is 276 g/mol. The second-order valence-electron chi connectivity index (χ2n) is 4.48. The molecule has 8 heteroatoms. The summed E-state index contributed by atoms with van der Waals surface area (Å²) in [4.78, 5) is 25.2. The molecule has 2 N–H and O–H groups in total. The van der Waals surface area contributed by atoms with E-state index in [-0.39, 0.29) is 22.7 Å². The molecule has 0 unspecified atom stereocenters. The maximum atomic E-state index is 12.2. The van der Waals surface area contributed by atoms with Crippen molar-refractivity contribution in [2.75, 3.05) is 0 Å². The molecule has 0 fully saturated rings. The van der Waals surface area contributed by atoms with Gasteiger partial charge in [0.25, 0.3) is 5.56 Å². The Labute approximate surface area is 117 Å². The minimum atomic E-state index is -0.642. The molecule has 0 bridgehead atoms. The van der Waals surface area contributed by atoms with Crippen LogP contribution in [-0.4, -0.2) is 24.8 Å². The van der Waals surface area contributed by atoms with Crippen molar-refractivity contribution in [1.29, 1.82) is 0 Å². The van der Waals surface area contributed by atoms with Crippen molar-refractivity contribution in [1.82, 2.24) is 14.8 Å². The maximum absolute atomic E-state index is 12.2. The van der Waals surface area contributed by atoms with Gasteiger partial charge in [-0.1, -0.05) is 12.1 Å². The number of benzene rings is 1. The van der Waals surface area contributed by atoms with Gasteiger partial charge in [0.15, 0.2) is 5.69 Å². The van der Waals surface area contributed by atoms with Crippen LogP contribution in [0.15, 0.2) is 35.3 Å². The number of nitrogens with zero attached hydrogens (tertiary/aromatic N) is 3. The zero-order valence-electron chi connectivity index (χ0n) is 10.9. The van der Waals surface area contributed by atoms with Crippen molar-refractivity contribution in [3.63, 3.8) is 0 Å². The Hall–Kier alpha value is -3.16. The summed E-state index contributed by atoms with van der Waals surface area (Å²) in [5.74, 6) is -0.305. The number of hydrogen-bond acceptors (Lipinski definition) is 5. The summed E-state index contributed by atoms with van der Waals surface area (Å²) < 4.78 is 1.19. The van der Waals surface area contributed by atoms with Crippen LogP contribution in [0.1, 0.15) is 0 Å². The van der Waals surface area contributed by atoms with Gasteiger partial charge in [-0.05, 0) is 12.1 Å². The first-order chi connectivity index (χ1) is 10.0. The molecule has 3 rings (SSSR count). The first kappa shape index (κ1) is 12.9. The highest BCUT2D eigenvalue weighted by molar-refractivity contribution is 5.92. The van der Waals surface area contributed by atoms with E-state index >= 15 is 0 Å². The largest absolute Gasteiger partial charge is 0.506 e. The second kappa shape index (κ2) is 4.44. The minimum absolute atomic E-state index is 0.0375. The molecule has 2 aromatic heterocycles. The van der Waals surface area contributed by atoms with Gasteiger partial charge in [0, 0.05) is 12.4 Å². The third-order valence-electron chi connectivity index (χ3n) is 3.25. The lowest BCUT2D eigenvalue weighted by Crippen LogP contribution is -2.12. The molecule has 0 aliphatic rings. The number of hydrogen-bond donors (Lipinski definition) is 2. The molecule has 0 saturated heterocycles. The van der Waals surface area contributed by atoms with Gasteiger partial charge in [-0.2, -0.15) is 5.10 Å². The number of nitrogens with one attached hydrogen (secondary N) is 1. The Bertz CT molecular complexity index is 926. The molecular formula is C13H10N4O4. The van der Waals surface area contributed by atoms with Crippen LogP contribution in [0.5, 0.6) is 5.75 Å². The fourth-order valence-corrected chi connectivity index (χ4v) is 2.29. The van der Waals surface area contributed by atoms with E-state index in [1.54, 1.807) is 24.3 Å². The van der Waals surface area contributed by atoms with Crippen LogP contribution in [0, 0.1) is 10.1 Å². The number of H-pyrrole nitrogens is 1. The fourth-order valence-electron chi connectivity index (χ4n) is 2.29. The van der Waals surface area contributed by atoms with Crippen molar-refractivity contribution < 1.29 is 10.0 Å². The second-order valence-corrected chi connectivity index (χ2v) is 4.48. The van der Waals surface area contributed by atoms with E-state index < -0.39 is 10.5 Å². The van der Waals surface area contributed by atoms with E-state index in [4.69, 9.17) is 0 Å². The van der Waals surface area contributed by atoms with E-state index in [0.29, 0.717) is 10.9 Å². The van der Waals surface area contributed by atoms with Gasteiger partial charge in [-0.3, -0.25) is 19.6 Å². The molecule has 0 saturated carbocycles. The average molecular weight is 286 g/mol. The van der Waals surface area contributed by atoms with Crippen LogP contribution >= 0.6 is 0 Å². The molecule has 0 amide bonds. The van der Waals surface area contributed by atoms with Gasteiger partial charge in [-0.15, -0.1) is 0 Å². The van der Waals surface area contributed by atoms with E-state index in [2.05, 4.69) is 10.1 Å². The van der Waals surface area contributed by atoms with Gasteiger partial charge in [0.1, 0.15) is 17.5 Å². The molecule has 0 aliphatic carbocycles. The van der Waals surface area contributed by atoms with Crippen LogP contribution in [0.3, 0.4) is 0 Å². The van der Waals surface area contributed by atoms with E-state index in [9.17, 15) is 20.0 Å². The maximum Gasteiger partial charge on any atom is 0.315 e. The quantitative estimate of drug-likeness (QED) is 0.548. The SMILES string of the molecule is Cn1ncc([N+](=O)[O-])c1-c1c(O)c2ccccc2[nH]c1=O. The van der Waals surface area contributed by atoms with Gasteiger partial charge in [0.2, 0.25) is 0 Å². The number of aromatic hydroxyl groups is 1. The van der Waals surface area contributed by atoms with Crippen molar-refractivity contribution in [3.05, 3.63) is 50.9 Å². The number of fused-ring (bicyclic) bond motifs is 1. The predicted octanol–water partition coefficient (Wildman–Crippen LogP) is 1.54. The van der Waals surface area contributed by atoms with Crippen molar-refractivity contribution in [2.24, 2.45) is 7.05 Å². The molecule has 0 atom stereocenters. The standard InChI is InChI=1S/C13H10N4O4/c1-16-11(9(6-14-16)17(20)21)10-12(18)7-4-2-3-5-8(7)15-13(10)19/h2-6H,1H3,(H2,15,18,19). The van der Waals surface area contributed by atoms with E-state index in [0.717, 1.165) is 6.20 Å². The smallest absolute Gasteiger partial charge is 0.315 e. The summed E-state index contributed by atoms with van der Waals surface area (Å²) in [6.45, 7) is 0. The Morgan fingerprint density at radius 1 is 1.38 bits per heavy atom. The lowest BCUT2D eigenvalue weighted by Gasteiger charge is -2.07. The number of rotatable bonds is 2. The van der Waals surface area contributed by atoms with Crippen LogP contribution in [0.4, 0.5) is 5.69 Å². The molecule has 2 heterocycles. The van der Waals surface area contributed by atoms with Gasteiger partial charge in [-0.25, -0.2) is 0 Å². The highest BCUT2D eigenvalue weighted by Gasteiger charge is 2.26. The number of aromatic nitrogens is 3. The number of pyridine rings is 1. The van der Waals surface area contributed by atoms with E-state index in [1.165, 1.54) is 11.7 Å². The van der Waals surface area contributed by atoms with Crippen LogP contribution in [0.2, 0.25) is 0 Å². The molecule has 106 valence electrons. The predicted molar refractivity (Wildman–Crippen MR) is 75.1 cm³/mol. The summed E-state index contributed by atoms with van der Waals surface area (Å²) >= 11 is 0. The summed E-state index contributed by atoms with van der Waals surface area (Å²) in [5, 5.41) is 25.6. The highest BCUT2D eigenvalue weighted by atomic mass is 16.6. The average Bonchev–Trinajstić information content (AvgIpc) is 2.81. The monoisotopic (exact) mass is 286 g/mol. The van der Waals surface area contributed by atoms with Crippen LogP contribution in [0.25, 0.3) is 22.2 Å². The first-order valence-corrected chi connectivity index (χ1v) is 6.01. The van der Waals surface area contributed by atoms with Gasteiger partial charge in [0.05, 0.1) is 10.4 Å². The number of aryl methyl sites for hydroxylation is 1. The number of aromatic amines is 1. The van der Waals surface area contributed by atoms with Crippen LogP contribution in [-0.2, 0) is 7.05 Å². The summed E-state index contributed by atoms with van der Waals surface area (Å²) in [6, 6.07) is 6.66. The lowest BCUT2D eigenvalue weighted by molar-refractivity contribution is -0.384. The lowest BCUT2D eigenvalue weighted by atomic mass is 10.1. The molecule has 0 radical (unpaired) electrons. The van der Waals surface area contributed by atoms with Crippen molar-refractivity contribution >= 4 is 16.6 Å². The Kier molecular flexibility index (Phi) is 2.72. The van der Waals surface area contributed by atoms with E-state index in [1.807, 2.05) is 0 Å². The molecule has 21 heavy (non-hydrogen) atoms. The zero-order chi connectivity index (χ0) is 15.1. The topological polar surface area (TPSA) is 114 Å². The molecule has 0 aliphatic heterocycles. The highest BCUT2D eigenvalue weighted by Crippen LogP contribution is 2.35. The van der Waals surface area contributed by atoms with Crippen LogP contribution < -0.4 is 5.56 Å². The third-order valence-corrected chi connectivity index (χ3v) is 3.25. The Balaban J connectivity index is 2.44. The third kappa shape index (κ3) is 1.84. The molecule has 3 aromatic rings. The number of nitro groups is 1.